The predicted molar refractivity (Wildman–Crippen MR) is 102 cm³/mol. The fourth-order valence-corrected chi connectivity index (χ4v) is 3.58. The lowest BCUT2D eigenvalue weighted by Gasteiger charge is -2.21. The van der Waals surface area contributed by atoms with Crippen molar-refractivity contribution in [3.05, 3.63) is 35.7 Å². The maximum Gasteiger partial charge on any atom is 0.227 e. The number of amides is 1. The van der Waals surface area contributed by atoms with Crippen LogP contribution in [0.4, 0.5) is 0 Å². The Morgan fingerprint density at radius 1 is 1.19 bits per heavy atom. The fourth-order valence-electron chi connectivity index (χ4n) is 3.58. The van der Waals surface area contributed by atoms with E-state index in [2.05, 4.69) is 15.5 Å². The Morgan fingerprint density at radius 2 is 1.96 bits per heavy atom. The molecule has 26 heavy (non-hydrogen) atoms. The molecule has 0 spiro atoms. The van der Waals surface area contributed by atoms with Gasteiger partial charge in [0.15, 0.2) is 0 Å². The highest BCUT2D eigenvalue weighted by Crippen LogP contribution is 2.26. The third-order valence-electron chi connectivity index (χ3n) is 5.18. The largest absolute Gasteiger partial charge is 0.356 e. The lowest BCUT2D eigenvalue weighted by atomic mass is 9.86. The highest BCUT2D eigenvalue weighted by atomic mass is 16.5. The summed E-state index contributed by atoms with van der Waals surface area (Å²) in [5.74, 6) is 2.02. The maximum atomic E-state index is 12.0. The number of nitrogens with one attached hydrogen (secondary N) is 1. The first-order chi connectivity index (χ1) is 12.7. The van der Waals surface area contributed by atoms with Gasteiger partial charge in [0.25, 0.3) is 0 Å². The van der Waals surface area contributed by atoms with Crippen molar-refractivity contribution in [2.24, 2.45) is 5.92 Å². The molecule has 0 saturated heterocycles. The van der Waals surface area contributed by atoms with Crippen LogP contribution < -0.4 is 5.32 Å². The summed E-state index contributed by atoms with van der Waals surface area (Å²) < 4.78 is 5.26. The van der Waals surface area contributed by atoms with Crippen LogP contribution in [0.2, 0.25) is 0 Å². The number of aryl methyl sites for hydroxylation is 2. The van der Waals surface area contributed by atoms with Crippen LogP contribution in [0, 0.1) is 12.8 Å². The van der Waals surface area contributed by atoms with Crippen molar-refractivity contribution >= 4 is 5.91 Å². The number of aromatic nitrogens is 2. The minimum absolute atomic E-state index is 0.0590. The second-order valence-corrected chi connectivity index (χ2v) is 7.37. The molecule has 0 atom stereocenters. The van der Waals surface area contributed by atoms with Gasteiger partial charge >= 0.3 is 0 Å². The summed E-state index contributed by atoms with van der Waals surface area (Å²) in [6.07, 6.45) is 10.1. The average molecular weight is 355 g/mol. The van der Waals surface area contributed by atoms with Gasteiger partial charge in [-0.25, -0.2) is 0 Å². The molecule has 0 bridgehead atoms. The van der Waals surface area contributed by atoms with E-state index in [1.165, 1.54) is 44.1 Å². The fraction of sp³-hybridized carbons (Fsp3) is 0.571. The van der Waals surface area contributed by atoms with Crippen LogP contribution in [0.15, 0.2) is 28.8 Å². The SMILES string of the molecule is Cc1ccc(-c2noc(CCC(=O)NCCCC3CCCCC3)n2)cc1. The molecule has 1 amide bonds. The Morgan fingerprint density at radius 3 is 2.73 bits per heavy atom. The average Bonchev–Trinajstić information content (AvgIpc) is 3.14. The van der Waals surface area contributed by atoms with Crippen molar-refractivity contribution in [3.63, 3.8) is 0 Å². The van der Waals surface area contributed by atoms with Gasteiger partial charge in [-0.3, -0.25) is 4.79 Å². The van der Waals surface area contributed by atoms with Crippen molar-refractivity contribution in [3.8, 4) is 11.4 Å². The number of hydrogen-bond acceptors (Lipinski definition) is 4. The Bertz CT molecular complexity index is 688. The van der Waals surface area contributed by atoms with E-state index in [0.717, 1.165) is 24.4 Å². The first kappa shape index (κ1) is 18.6. The zero-order valence-electron chi connectivity index (χ0n) is 15.7. The summed E-state index contributed by atoms with van der Waals surface area (Å²) in [7, 11) is 0. The number of carbonyl (C=O) groups excluding carboxylic acids is 1. The molecule has 5 heteroatoms. The standard InChI is InChI=1S/C21H29N3O2/c1-16-9-11-18(12-10-16)21-23-20(26-24-21)14-13-19(25)22-15-5-8-17-6-3-2-4-7-17/h9-12,17H,2-8,13-15H2,1H3,(H,22,25). The maximum absolute atomic E-state index is 12.0. The van der Waals surface area contributed by atoms with E-state index >= 15 is 0 Å². The van der Waals surface area contributed by atoms with Crippen molar-refractivity contribution in [1.29, 1.82) is 0 Å². The molecule has 3 rings (SSSR count). The quantitative estimate of drug-likeness (QED) is 0.710. The molecule has 1 aliphatic carbocycles. The van der Waals surface area contributed by atoms with Crippen molar-refractivity contribution in [2.45, 2.75) is 64.7 Å². The van der Waals surface area contributed by atoms with Crippen LogP contribution in [-0.2, 0) is 11.2 Å². The summed E-state index contributed by atoms with van der Waals surface area (Å²) >= 11 is 0. The highest BCUT2D eigenvalue weighted by molar-refractivity contribution is 5.75. The topological polar surface area (TPSA) is 68.0 Å². The van der Waals surface area contributed by atoms with Gasteiger partial charge in [0.1, 0.15) is 0 Å². The van der Waals surface area contributed by atoms with Crippen LogP contribution in [0.1, 0.15) is 62.8 Å². The number of nitrogens with zero attached hydrogens (tertiary/aromatic N) is 2. The van der Waals surface area contributed by atoms with E-state index < -0.39 is 0 Å². The van der Waals surface area contributed by atoms with E-state index in [-0.39, 0.29) is 5.91 Å². The summed E-state index contributed by atoms with van der Waals surface area (Å²) in [5.41, 5.74) is 2.12. The van der Waals surface area contributed by atoms with Gasteiger partial charge in [-0.05, 0) is 25.7 Å². The van der Waals surface area contributed by atoms with Gasteiger partial charge in [0.05, 0.1) is 0 Å². The van der Waals surface area contributed by atoms with Gasteiger partial charge in [-0.15, -0.1) is 0 Å². The van der Waals surface area contributed by atoms with Crippen molar-refractivity contribution < 1.29 is 9.32 Å². The second-order valence-electron chi connectivity index (χ2n) is 7.37. The van der Waals surface area contributed by atoms with Gasteiger partial charge in [-0.2, -0.15) is 4.98 Å². The lowest BCUT2D eigenvalue weighted by molar-refractivity contribution is -0.121. The summed E-state index contributed by atoms with van der Waals surface area (Å²) in [6.45, 7) is 2.81. The molecule has 1 fully saturated rings. The third-order valence-corrected chi connectivity index (χ3v) is 5.18. The molecule has 1 aromatic carbocycles. The molecule has 1 saturated carbocycles. The normalized spacial score (nSPS) is 15.1. The first-order valence-corrected chi connectivity index (χ1v) is 9.87. The molecular formula is C21H29N3O2. The Labute approximate surface area is 155 Å². The van der Waals surface area contributed by atoms with E-state index in [0.29, 0.717) is 24.6 Å². The summed E-state index contributed by atoms with van der Waals surface area (Å²) in [6, 6.07) is 7.99. The van der Waals surface area contributed by atoms with Crippen LogP contribution in [0.3, 0.4) is 0 Å². The van der Waals surface area contributed by atoms with Gasteiger partial charge in [0.2, 0.25) is 17.6 Å². The molecule has 1 aliphatic rings. The van der Waals surface area contributed by atoms with E-state index in [1.807, 2.05) is 31.2 Å². The minimum Gasteiger partial charge on any atom is -0.356 e. The molecule has 0 aliphatic heterocycles. The number of carbonyl (C=O) groups is 1. The van der Waals surface area contributed by atoms with Crippen LogP contribution in [0.25, 0.3) is 11.4 Å². The predicted octanol–water partition coefficient (Wildman–Crippen LogP) is 4.45. The Hall–Kier alpha value is -2.17. The monoisotopic (exact) mass is 355 g/mol. The number of benzene rings is 1. The van der Waals surface area contributed by atoms with Crippen LogP contribution in [-0.4, -0.2) is 22.6 Å². The zero-order chi connectivity index (χ0) is 18.2. The van der Waals surface area contributed by atoms with Crippen LogP contribution >= 0.6 is 0 Å². The molecule has 5 nitrogen and oxygen atoms in total. The molecule has 0 unspecified atom stereocenters. The van der Waals surface area contributed by atoms with Crippen molar-refractivity contribution in [1.82, 2.24) is 15.5 Å². The Balaban J connectivity index is 1.34. The smallest absolute Gasteiger partial charge is 0.227 e. The second kappa shape index (κ2) is 9.51. The van der Waals surface area contributed by atoms with E-state index in [1.54, 1.807) is 0 Å². The van der Waals surface area contributed by atoms with E-state index in [9.17, 15) is 4.79 Å². The number of rotatable bonds is 8. The van der Waals surface area contributed by atoms with Crippen LogP contribution in [0.5, 0.6) is 0 Å². The zero-order valence-corrected chi connectivity index (χ0v) is 15.7. The molecule has 1 aromatic heterocycles. The molecule has 0 radical (unpaired) electrons. The first-order valence-electron chi connectivity index (χ1n) is 9.87. The minimum atomic E-state index is 0.0590. The Kier molecular flexibility index (Phi) is 6.81. The molecule has 1 N–H and O–H groups in total. The third kappa shape index (κ3) is 5.68. The van der Waals surface area contributed by atoms with Gasteiger partial charge < -0.3 is 9.84 Å². The molecule has 1 heterocycles. The van der Waals surface area contributed by atoms with Gasteiger partial charge in [0, 0.05) is 24.9 Å². The number of hydrogen-bond donors (Lipinski definition) is 1. The van der Waals surface area contributed by atoms with Crippen molar-refractivity contribution in [2.75, 3.05) is 6.54 Å². The summed E-state index contributed by atoms with van der Waals surface area (Å²) in [5, 5.41) is 7.01. The molecule has 140 valence electrons. The highest BCUT2D eigenvalue weighted by Gasteiger charge is 2.13. The summed E-state index contributed by atoms with van der Waals surface area (Å²) in [4.78, 5) is 16.4. The lowest BCUT2D eigenvalue weighted by Crippen LogP contribution is -2.25. The molecular weight excluding hydrogens is 326 g/mol. The molecule has 2 aromatic rings. The van der Waals surface area contributed by atoms with E-state index in [4.69, 9.17) is 4.52 Å². The van der Waals surface area contributed by atoms with Gasteiger partial charge in [-0.1, -0.05) is 67.1 Å².